The second kappa shape index (κ2) is 8.00. The van der Waals surface area contributed by atoms with Crippen LogP contribution in [0.15, 0.2) is 6.07 Å². The maximum Gasteiger partial charge on any atom is 0.224 e. The SMILES string of the molecule is COCCNC(=O)CCNc1nc(C)cc(C#N)n1. The molecule has 0 aliphatic rings. The largest absolute Gasteiger partial charge is 0.383 e. The normalized spacial score (nSPS) is 9.74. The number of carbonyl (C=O) groups is 1. The van der Waals surface area contributed by atoms with E-state index in [1.165, 1.54) is 0 Å². The fourth-order valence-electron chi connectivity index (χ4n) is 1.37. The van der Waals surface area contributed by atoms with Crippen LogP contribution in [0.5, 0.6) is 0 Å². The van der Waals surface area contributed by atoms with Crippen molar-refractivity contribution < 1.29 is 9.53 Å². The van der Waals surface area contributed by atoms with Crippen molar-refractivity contribution in [2.24, 2.45) is 0 Å². The van der Waals surface area contributed by atoms with Gasteiger partial charge in [0.15, 0.2) is 0 Å². The predicted octanol–water partition coefficient (Wildman–Crippen LogP) is 0.221. The molecule has 19 heavy (non-hydrogen) atoms. The van der Waals surface area contributed by atoms with E-state index in [9.17, 15) is 4.79 Å². The van der Waals surface area contributed by atoms with Gasteiger partial charge in [0.05, 0.1) is 6.61 Å². The summed E-state index contributed by atoms with van der Waals surface area (Å²) in [7, 11) is 1.58. The number of nitriles is 1. The number of nitrogens with zero attached hydrogens (tertiary/aromatic N) is 3. The van der Waals surface area contributed by atoms with E-state index in [4.69, 9.17) is 10.00 Å². The summed E-state index contributed by atoms with van der Waals surface area (Å²) in [6.07, 6.45) is 0.308. The van der Waals surface area contributed by atoms with Crippen LogP contribution in [0.25, 0.3) is 0 Å². The minimum Gasteiger partial charge on any atom is -0.383 e. The number of anilines is 1. The number of aryl methyl sites for hydroxylation is 1. The predicted molar refractivity (Wildman–Crippen MR) is 69.5 cm³/mol. The quantitative estimate of drug-likeness (QED) is 0.683. The standard InChI is InChI=1S/C12H17N5O2/c1-9-7-10(8-13)17-12(16-9)15-4-3-11(18)14-5-6-19-2/h7H,3-6H2,1-2H3,(H,14,18)(H,15,16,17). The van der Waals surface area contributed by atoms with Gasteiger partial charge in [-0.1, -0.05) is 0 Å². The lowest BCUT2D eigenvalue weighted by Crippen LogP contribution is -2.28. The third-order valence-corrected chi connectivity index (χ3v) is 2.23. The molecular formula is C12H17N5O2. The monoisotopic (exact) mass is 263 g/mol. The molecule has 7 nitrogen and oxygen atoms in total. The third kappa shape index (κ3) is 5.79. The van der Waals surface area contributed by atoms with Gasteiger partial charge in [-0.25, -0.2) is 9.97 Å². The molecule has 1 rings (SSSR count). The van der Waals surface area contributed by atoms with Crippen LogP contribution in [-0.2, 0) is 9.53 Å². The second-order valence-corrected chi connectivity index (χ2v) is 3.85. The number of aromatic nitrogens is 2. The first kappa shape index (κ1) is 14.9. The second-order valence-electron chi connectivity index (χ2n) is 3.85. The lowest BCUT2D eigenvalue weighted by atomic mass is 10.3. The van der Waals surface area contributed by atoms with E-state index in [2.05, 4.69) is 20.6 Å². The van der Waals surface area contributed by atoms with Crippen LogP contribution in [0.2, 0.25) is 0 Å². The van der Waals surface area contributed by atoms with E-state index >= 15 is 0 Å². The summed E-state index contributed by atoms with van der Waals surface area (Å²) in [6, 6.07) is 3.56. The molecule has 0 radical (unpaired) electrons. The van der Waals surface area contributed by atoms with Crippen LogP contribution in [0.4, 0.5) is 5.95 Å². The molecule has 1 aromatic rings. The molecule has 0 saturated carbocycles. The average Bonchev–Trinajstić information content (AvgIpc) is 2.38. The smallest absolute Gasteiger partial charge is 0.224 e. The van der Waals surface area contributed by atoms with Crippen LogP contribution in [0.1, 0.15) is 17.8 Å². The summed E-state index contributed by atoms with van der Waals surface area (Å²) >= 11 is 0. The minimum atomic E-state index is -0.0716. The Morgan fingerprint density at radius 2 is 2.26 bits per heavy atom. The highest BCUT2D eigenvalue weighted by Gasteiger charge is 2.03. The van der Waals surface area contributed by atoms with Crippen molar-refractivity contribution in [2.75, 3.05) is 32.1 Å². The highest BCUT2D eigenvalue weighted by molar-refractivity contribution is 5.76. The van der Waals surface area contributed by atoms with Crippen molar-refractivity contribution in [3.8, 4) is 6.07 Å². The molecule has 1 heterocycles. The van der Waals surface area contributed by atoms with E-state index in [1.54, 1.807) is 20.1 Å². The van der Waals surface area contributed by atoms with Gasteiger partial charge in [0.2, 0.25) is 11.9 Å². The molecule has 0 aliphatic heterocycles. The van der Waals surface area contributed by atoms with Crippen molar-refractivity contribution in [1.82, 2.24) is 15.3 Å². The summed E-state index contributed by atoms with van der Waals surface area (Å²) in [5, 5.41) is 14.4. The Balaban J connectivity index is 2.35. The van der Waals surface area contributed by atoms with E-state index < -0.39 is 0 Å². The van der Waals surface area contributed by atoms with Crippen LogP contribution in [0.3, 0.4) is 0 Å². The molecule has 7 heteroatoms. The minimum absolute atomic E-state index is 0.0716. The van der Waals surface area contributed by atoms with Gasteiger partial charge in [-0.05, 0) is 13.0 Å². The van der Waals surface area contributed by atoms with Crippen molar-refractivity contribution in [1.29, 1.82) is 5.26 Å². The zero-order chi connectivity index (χ0) is 14.1. The molecule has 0 unspecified atom stereocenters. The summed E-state index contributed by atoms with van der Waals surface area (Å²) in [6.45, 7) is 3.18. The Hall–Kier alpha value is -2.20. The summed E-state index contributed by atoms with van der Waals surface area (Å²) in [4.78, 5) is 19.5. The number of nitrogens with one attached hydrogen (secondary N) is 2. The van der Waals surface area contributed by atoms with Crippen molar-refractivity contribution >= 4 is 11.9 Å². The van der Waals surface area contributed by atoms with Gasteiger partial charge in [-0.2, -0.15) is 5.26 Å². The fourth-order valence-corrected chi connectivity index (χ4v) is 1.37. The lowest BCUT2D eigenvalue weighted by molar-refractivity contribution is -0.121. The van der Waals surface area contributed by atoms with Crippen molar-refractivity contribution in [2.45, 2.75) is 13.3 Å². The topological polar surface area (TPSA) is 99.9 Å². The van der Waals surface area contributed by atoms with Crippen LogP contribution >= 0.6 is 0 Å². The van der Waals surface area contributed by atoms with Crippen molar-refractivity contribution in [3.05, 3.63) is 17.5 Å². The highest BCUT2D eigenvalue weighted by atomic mass is 16.5. The summed E-state index contributed by atoms with van der Waals surface area (Å²) in [5.74, 6) is 0.291. The molecule has 1 aromatic heterocycles. The lowest BCUT2D eigenvalue weighted by Gasteiger charge is -2.06. The molecule has 0 fully saturated rings. The number of amides is 1. The molecule has 0 saturated heterocycles. The first-order valence-corrected chi connectivity index (χ1v) is 5.91. The number of carbonyl (C=O) groups excluding carboxylic acids is 1. The van der Waals surface area contributed by atoms with Crippen LogP contribution < -0.4 is 10.6 Å². The molecule has 0 bridgehead atoms. The Morgan fingerprint density at radius 3 is 2.95 bits per heavy atom. The van der Waals surface area contributed by atoms with E-state index in [1.807, 2.05) is 6.07 Å². The van der Waals surface area contributed by atoms with E-state index in [0.29, 0.717) is 43.5 Å². The number of hydrogen-bond donors (Lipinski definition) is 2. The third-order valence-electron chi connectivity index (χ3n) is 2.23. The summed E-state index contributed by atoms with van der Waals surface area (Å²) in [5.41, 5.74) is 1.01. The Labute approximate surface area is 112 Å². The van der Waals surface area contributed by atoms with E-state index in [0.717, 1.165) is 0 Å². The molecule has 2 N–H and O–H groups in total. The van der Waals surface area contributed by atoms with Gasteiger partial charge in [0.25, 0.3) is 0 Å². The van der Waals surface area contributed by atoms with Gasteiger partial charge in [0.1, 0.15) is 11.8 Å². The molecular weight excluding hydrogens is 246 g/mol. The van der Waals surface area contributed by atoms with Gasteiger partial charge in [-0.3, -0.25) is 4.79 Å². The summed E-state index contributed by atoms with van der Waals surface area (Å²) < 4.78 is 4.82. The van der Waals surface area contributed by atoms with Gasteiger partial charge in [0, 0.05) is 32.3 Å². The molecule has 0 aromatic carbocycles. The zero-order valence-electron chi connectivity index (χ0n) is 11.1. The first-order chi connectivity index (χ1) is 9.15. The molecule has 0 spiro atoms. The zero-order valence-corrected chi connectivity index (χ0v) is 11.1. The molecule has 0 aliphatic carbocycles. The van der Waals surface area contributed by atoms with Crippen LogP contribution in [0, 0.1) is 18.3 Å². The van der Waals surface area contributed by atoms with Gasteiger partial charge in [-0.15, -0.1) is 0 Å². The average molecular weight is 263 g/mol. The number of ether oxygens (including phenoxy) is 1. The van der Waals surface area contributed by atoms with Crippen LogP contribution in [-0.4, -0.2) is 42.7 Å². The highest BCUT2D eigenvalue weighted by Crippen LogP contribution is 2.03. The maximum atomic E-state index is 11.4. The number of rotatable bonds is 7. The van der Waals surface area contributed by atoms with Crippen molar-refractivity contribution in [3.63, 3.8) is 0 Å². The Morgan fingerprint density at radius 1 is 1.47 bits per heavy atom. The van der Waals surface area contributed by atoms with E-state index in [-0.39, 0.29) is 5.91 Å². The Bertz CT molecular complexity index is 470. The first-order valence-electron chi connectivity index (χ1n) is 5.91. The number of methoxy groups -OCH3 is 1. The fraction of sp³-hybridized carbons (Fsp3) is 0.500. The molecule has 1 amide bonds. The number of hydrogen-bond acceptors (Lipinski definition) is 6. The molecule has 0 atom stereocenters. The van der Waals surface area contributed by atoms with Gasteiger partial charge >= 0.3 is 0 Å². The maximum absolute atomic E-state index is 11.4. The Kier molecular flexibility index (Phi) is 6.26. The van der Waals surface area contributed by atoms with Gasteiger partial charge < -0.3 is 15.4 Å². The molecule has 102 valence electrons.